The van der Waals surface area contributed by atoms with Gasteiger partial charge < -0.3 is 10.5 Å². The van der Waals surface area contributed by atoms with E-state index in [-0.39, 0.29) is 11.9 Å². The van der Waals surface area contributed by atoms with E-state index in [4.69, 9.17) is 10.5 Å². The monoisotopic (exact) mass is 185 g/mol. The zero-order valence-corrected chi connectivity index (χ0v) is 8.25. The van der Waals surface area contributed by atoms with Crippen LogP contribution in [0.15, 0.2) is 0 Å². The van der Waals surface area contributed by atoms with Crippen molar-refractivity contribution in [2.75, 3.05) is 19.7 Å². The lowest BCUT2D eigenvalue weighted by atomic mass is 9.79. The molecule has 1 rings (SSSR count). The molecule has 0 amide bonds. The maximum atomic E-state index is 11.5. The minimum absolute atomic E-state index is 0.177. The third kappa shape index (κ3) is 1.84. The fraction of sp³-hybridized carbons (Fsp3) is 0.889. The van der Waals surface area contributed by atoms with Crippen LogP contribution < -0.4 is 11.1 Å². The number of hydrogen-bond donors (Lipinski definition) is 1. The van der Waals surface area contributed by atoms with Crippen molar-refractivity contribution >= 4 is 5.97 Å². The van der Waals surface area contributed by atoms with Gasteiger partial charge in [0.2, 0.25) is 0 Å². The van der Waals surface area contributed by atoms with Crippen molar-refractivity contribution in [3.05, 3.63) is 0 Å². The smallest absolute Gasteiger partial charge is 0.326 e. The third-order valence-electron chi connectivity index (χ3n) is 2.67. The lowest BCUT2D eigenvalue weighted by molar-refractivity contribution is -0.153. The number of esters is 1. The van der Waals surface area contributed by atoms with Gasteiger partial charge >= 0.3 is 5.97 Å². The molecule has 1 radical (unpaired) electrons. The second kappa shape index (κ2) is 4.07. The Kier molecular flexibility index (Phi) is 3.27. The van der Waals surface area contributed by atoms with Crippen LogP contribution in [0, 0.1) is 5.92 Å². The summed E-state index contributed by atoms with van der Waals surface area (Å²) in [5.74, 6) is -0.103. The first kappa shape index (κ1) is 10.5. The Morgan fingerprint density at radius 3 is 2.54 bits per heavy atom. The second-order valence-electron chi connectivity index (χ2n) is 3.40. The number of carbonyl (C=O) groups is 1. The average Bonchev–Trinajstić information content (AvgIpc) is 2.01. The van der Waals surface area contributed by atoms with E-state index >= 15 is 0 Å². The van der Waals surface area contributed by atoms with Gasteiger partial charge in [-0.1, -0.05) is 6.92 Å². The zero-order valence-electron chi connectivity index (χ0n) is 8.25. The van der Waals surface area contributed by atoms with Crippen molar-refractivity contribution in [1.82, 2.24) is 5.32 Å². The van der Waals surface area contributed by atoms with E-state index in [1.807, 2.05) is 6.92 Å². The number of hydrogen-bond acceptors (Lipinski definition) is 3. The van der Waals surface area contributed by atoms with Crippen LogP contribution in [0.5, 0.6) is 0 Å². The van der Waals surface area contributed by atoms with Gasteiger partial charge in [0.15, 0.2) is 0 Å². The predicted octanol–water partition coefficient (Wildman–Crippen LogP) is -0.109. The molecule has 4 nitrogen and oxygen atoms in total. The molecule has 1 aliphatic rings. The Morgan fingerprint density at radius 2 is 2.23 bits per heavy atom. The van der Waals surface area contributed by atoms with Gasteiger partial charge in [-0.15, -0.1) is 0 Å². The highest BCUT2D eigenvalue weighted by Crippen LogP contribution is 2.24. The molecule has 0 aromatic rings. The van der Waals surface area contributed by atoms with Crippen molar-refractivity contribution < 1.29 is 9.53 Å². The molecule has 75 valence electrons. The minimum Gasteiger partial charge on any atom is -0.465 e. The van der Waals surface area contributed by atoms with E-state index in [1.165, 1.54) is 0 Å². The highest BCUT2D eigenvalue weighted by molar-refractivity contribution is 5.81. The summed E-state index contributed by atoms with van der Waals surface area (Å²) in [6.07, 6.45) is 0.617. The first-order chi connectivity index (χ1) is 6.15. The summed E-state index contributed by atoms with van der Waals surface area (Å²) in [5, 5.41) is 4.07. The van der Waals surface area contributed by atoms with Crippen LogP contribution in [-0.2, 0) is 9.53 Å². The SMILES string of the molecule is CCOC(=O)C(N)(CC)C1C[N]C1. The van der Waals surface area contributed by atoms with Crippen molar-refractivity contribution in [1.29, 1.82) is 0 Å². The summed E-state index contributed by atoms with van der Waals surface area (Å²) in [4.78, 5) is 11.5. The number of rotatable bonds is 4. The van der Waals surface area contributed by atoms with E-state index in [0.29, 0.717) is 26.1 Å². The fourth-order valence-corrected chi connectivity index (χ4v) is 1.45. The maximum absolute atomic E-state index is 11.5. The Morgan fingerprint density at radius 1 is 1.62 bits per heavy atom. The summed E-state index contributed by atoms with van der Waals surface area (Å²) in [6, 6.07) is 0. The summed E-state index contributed by atoms with van der Waals surface area (Å²) in [7, 11) is 0. The van der Waals surface area contributed by atoms with Gasteiger partial charge in [-0.3, -0.25) is 4.79 Å². The molecule has 1 unspecified atom stereocenters. The van der Waals surface area contributed by atoms with Crippen molar-refractivity contribution in [3.8, 4) is 0 Å². The number of nitrogens with two attached hydrogens (primary N) is 1. The lowest BCUT2D eigenvalue weighted by Gasteiger charge is -2.39. The Balaban J connectivity index is 2.61. The van der Waals surface area contributed by atoms with Crippen LogP contribution in [0.4, 0.5) is 0 Å². The summed E-state index contributed by atoms with van der Waals surface area (Å²) in [5.41, 5.74) is 5.19. The molecule has 1 saturated heterocycles. The molecule has 1 heterocycles. The lowest BCUT2D eigenvalue weighted by Crippen LogP contribution is -2.62. The van der Waals surface area contributed by atoms with E-state index in [9.17, 15) is 4.79 Å². The standard InChI is InChI=1S/C9H17N2O2/c1-3-9(10,7-5-11-6-7)8(12)13-4-2/h7H,3-6,10H2,1-2H3. The molecule has 4 heteroatoms. The predicted molar refractivity (Wildman–Crippen MR) is 49.2 cm³/mol. The molecule has 0 spiro atoms. The zero-order chi connectivity index (χ0) is 9.90. The first-order valence-electron chi connectivity index (χ1n) is 4.74. The van der Waals surface area contributed by atoms with Crippen LogP contribution in [0.1, 0.15) is 20.3 Å². The van der Waals surface area contributed by atoms with E-state index < -0.39 is 5.54 Å². The van der Waals surface area contributed by atoms with Crippen LogP contribution >= 0.6 is 0 Å². The molecule has 1 fully saturated rings. The van der Waals surface area contributed by atoms with E-state index in [2.05, 4.69) is 5.32 Å². The third-order valence-corrected chi connectivity index (χ3v) is 2.67. The van der Waals surface area contributed by atoms with Crippen molar-refractivity contribution in [2.24, 2.45) is 11.7 Å². The molecule has 0 aliphatic carbocycles. The largest absolute Gasteiger partial charge is 0.465 e. The summed E-state index contributed by atoms with van der Waals surface area (Å²) in [6.45, 7) is 5.49. The Hall–Kier alpha value is -0.610. The normalized spacial score (nSPS) is 21.8. The topological polar surface area (TPSA) is 66.4 Å². The van der Waals surface area contributed by atoms with Gasteiger partial charge in [0.1, 0.15) is 5.54 Å². The quantitative estimate of drug-likeness (QED) is 0.621. The molecule has 0 aromatic carbocycles. The van der Waals surface area contributed by atoms with Crippen LogP contribution in [0.3, 0.4) is 0 Å². The van der Waals surface area contributed by atoms with Gasteiger partial charge in [0, 0.05) is 19.0 Å². The fourth-order valence-electron chi connectivity index (χ4n) is 1.45. The van der Waals surface area contributed by atoms with Crippen LogP contribution in [0.25, 0.3) is 0 Å². The molecular weight excluding hydrogens is 168 g/mol. The molecule has 1 aliphatic heterocycles. The van der Waals surface area contributed by atoms with Gasteiger partial charge in [-0.2, -0.15) is 0 Å². The Bertz CT molecular complexity index is 192. The average molecular weight is 185 g/mol. The number of ether oxygens (including phenoxy) is 1. The first-order valence-corrected chi connectivity index (χ1v) is 4.74. The summed E-state index contributed by atoms with van der Waals surface area (Å²) >= 11 is 0. The summed E-state index contributed by atoms with van der Waals surface area (Å²) < 4.78 is 4.95. The van der Waals surface area contributed by atoms with Crippen molar-refractivity contribution in [2.45, 2.75) is 25.8 Å². The highest BCUT2D eigenvalue weighted by atomic mass is 16.5. The van der Waals surface area contributed by atoms with Gasteiger partial charge in [0.05, 0.1) is 6.61 Å². The van der Waals surface area contributed by atoms with Crippen molar-refractivity contribution in [3.63, 3.8) is 0 Å². The van der Waals surface area contributed by atoms with Gasteiger partial charge in [-0.25, -0.2) is 5.32 Å². The molecule has 0 bridgehead atoms. The minimum atomic E-state index is -0.808. The Labute approximate surface area is 78.8 Å². The maximum Gasteiger partial charge on any atom is 0.326 e. The molecule has 1 atom stereocenters. The van der Waals surface area contributed by atoms with Gasteiger partial charge in [-0.05, 0) is 13.3 Å². The molecule has 2 N–H and O–H groups in total. The number of nitrogens with zero attached hydrogens (tertiary/aromatic N) is 1. The molecule has 0 aromatic heterocycles. The second-order valence-corrected chi connectivity index (χ2v) is 3.40. The van der Waals surface area contributed by atoms with E-state index in [0.717, 1.165) is 0 Å². The molecule has 0 saturated carbocycles. The van der Waals surface area contributed by atoms with Crippen LogP contribution in [-0.4, -0.2) is 31.2 Å². The molecule has 13 heavy (non-hydrogen) atoms. The van der Waals surface area contributed by atoms with E-state index in [1.54, 1.807) is 6.92 Å². The molecular formula is C9H17N2O2. The van der Waals surface area contributed by atoms with Crippen LogP contribution in [0.2, 0.25) is 0 Å². The highest BCUT2D eigenvalue weighted by Gasteiger charge is 2.45. The number of carbonyl (C=O) groups excluding carboxylic acids is 1. The van der Waals surface area contributed by atoms with Gasteiger partial charge in [0.25, 0.3) is 0 Å².